The summed E-state index contributed by atoms with van der Waals surface area (Å²) >= 11 is 13.3. The van der Waals surface area contributed by atoms with E-state index in [9.17, 15) is 14.4 Å². The van der Waals surface area contributed by atoms with E-state index in [1.807, 2.05) is 0 Å². The predicted molar refractivity (Wildman–Crippen MR) is 133 cm³/mol. The lowest BCUT2D eigenvalue weighted by Gasteiger charge is -2.14. The summed E-state index contributed by atoms with van der Waals surface area (Å²) < 4.78 is 0. The summed E-state index contributed by atoms with van der Waals surface area (Å²) in [6.07, 6.45) is 0. The molecule has 33 heavy (non-hydrogen) atoms. The first-order valence-electron chi connectivity index (χ1n) is 9.82. The lowest BCUT2D eigenvalue weighted by Crippen LogP contribution is -2.23. The number of carbonyl (C=O) groups excluding carboxylic acids is 2. The number of hydrogen-bond donors (Lipinski definition) is 3. The Morgan fingerprint density at radius 2 is 1.64 bits per heavy atom. The van der Waals surface area contributed by atoms with Gasteiger partial charge in [0.05, 0.1) is 21.4 Å². The van der Waals surface area contributed by atoms with E-state index >= 15 is 0 Å². The van der Waals surface area contributed by atoms with Crippen LogP contribution in [0.15, 0.2) is 65.6 Å². The molecule has 0 bridgehead atoms. The second-order valence-electron chi connectivity index (χ2n) is 7.19. The highest BCUT2D eigenvalue weighted by atomic mass is 35.5. The maximum atomic E-state index is 12.6. The van der Waals surface area contributed by atoms with Gasteiger partial charge >= 0.3 is 5.97 Å². The van der Waals surface area contributed by atoms with E-state index in [0.29, 0.717) is 22.0 Å². The number of aryl methyl sites for hydroxylation is 1. The van der Waals surface area contributed by atoms with Gasteiger partial charge in [0.1, 0.15) is 0 Å². The van der Waals surface area contributed by atoms with E-state index in [2.05, 4.69) is 10.6 Å². The molecule has 3 aromatic carbocycles. The van der Waals surface area contributed by atoms with Gasteiger partial charge in [-0.2, -0.15) is 0 Å². The van der Waals surface area contributed by atoms with Gasteiger partial charge in [-0.25, -0.2) is 4.79 Å². The van der Waals surface area contributed by atoms with Crippen LogP contribution in [0.5, 0.6) is 0 Å². The number of anilines is 2. The molecule has 2 amide bonds. The number of halogens is 2. The van der Waals surface area contributed by atoms with Crippen LogP contribution < -0.4 is 10.6 Å². The van der Waals surface area contributed by atoms with Crippen molar-refractivity contribution in [2.45, 2.75) is 24.0 Å². The zero-order chi connectivity index (χ0) is 24.1. The molecule has 0 radical (unpaired) electrons. The van der Waals surface area contributed by atoms with Crippen LogP contribution in [0.2, 0.25) is 10.0 Å². The number of carboxylic acids is 1. The third-order valence-corrected chi connectivity index (χ3v) is 6.37. The van der Waals surface area contributed by atoms with Crippen LogP contribution in [0.25, 0.3) is 0 Å². The molecule has 6 nitrogen and oxygen atoms in total. The van der Waals surface area contributed by atoms with Crippen molar-refractivity contribution >= 4 is 64.1 Å². The van der Waals surface area contributed by atoms with Gasteiger partial charge in [0.2, 0.25) is 5.91 Å². The van der Waals surface area contributed by atoms with Gasteiger partial charge in [-0.1, -0.05) is 29.3 Å². The fraction of sp³-hybridized carbons (Fsp3) is 0.125. The van der Waals surface area contributed by atoms with Gasteiger partial charge in [-0.05, 0) is 74.0 Å². The number of nitrogens with one attached hydrogen (secondary N) is 2. The highest BCUT2D eigenvalue weighted by Crippen LogP contribution is 2.27. The second-order valence-corrected chi connectivity index (χ2v) is 9.44. The molecule has 9 heteroatoms. The SMILES string of the molecule is Cc1ccc(C(=O)O)cc1NC(=O)C(C)Sc1ccc(NC(=O)c2ccc(Cl)cc2Cl)cc1. The number of hydrogen-bond acceptors (Lipinski definition) is 4. The molecule has 0 aliphatic carbocycles. The minimum Gasteiger partial charge on any atom is -0.478 e. The molecular weight excluding hydrogens is 483 g/mol. The molecule has 170 valence electrons. The molecule has 0 aromatic heterocycles. The normalized spacial score (nSPS) is 11.5. The molecule has 0 saturated carbocycles. The van der Waals surface area contributed by atoms with E-state index in [-0.39, 0.29) is 22.4 Å². The molecule has 1 atom stereocenters. The predicted octanol–water partition coefficient (Wildman–Crippen LogP) is 6.37. The Morgan fingerprint density at radius 1 is 0.939 bits per heavy atom. The fourth-order valence-corrected chi connectivity index (χ4v) is 4.23. The highest BCUT2D eigenvalue weighted by molar-refractivity contribution is 8.00. The Bertz CT molecular complexity index is 1220. The first kappa shape index (κ1) is 24.6. The Hall–Kier alpha value is -3.00. The van der Waals surface area contributed by atoms with Crippen molar-refractivity contribution in [2.24, 2.45) is 0 Å². The second kappa shape index (κ2) is 10.7. The van der Waals surface area contributed by atoms with Gasteiger partial charge in [-0.3, -0.25) is 9.59 Å². The summed E-state index contributed by atoms with van der Waals surface area (Å²) in [7, 11) is 0. The zero-order valence-electron chi connectivity index (χ0n) is 17.7. The van der Waals surface area contributed by atoms with Gasteiger partial charge in [-0.15, -0.1) is 11.8 Å². The van der Waals surface area contributed by atoms with Crippen molar-refractivity contribution in [3.63, 3.8) is 0 Å². The Labute approximate surface area is 205 Å². The van der Waals surface area contributed by atoms with Crippen LogP contribution in [-0.2, 0) is 4.79 Å². The van der Waals surface area contributed by atoms with E-state index < -0.39 is 11.2 Å². The zero-order valence-corrected chi connectivity index (χ0v) is 20.0. The van der Waals surface area contributed by atoms with E-state index in [0.717, 1.165) is 10.5 Å². The average molecular weight is 503 g/mol. The molecule has 3 aromatic rings. The summed E-state index contributed by atoms with van der Waals surface area (Å²) in [5.41, 5.74) is 2.23. The minimum atomic E-state index is -1.06. The van der Waals surface area contributed by atoms with Crippen LogP contribution in [0.4, 0.5) is 11.4 Å². The number of rotatable bonds is 7. The number of benzene rings is 3. The van der Waals surface area contributed by atoms with Crippen molar-refractivity contribution in [3.05, 3.63) is 87.4 Å². The standard InChI is InChI=1S/C24H20Cl2N2O4S/c1-13-3-4-15(24(31)32)11-21(13)28-22(29)14(2)33-18-8-6-17(7-9-18)27-23(30)19-10-5-16(25)12-20(19)26/h3-12,14H,1-2H3,(H,27,30)(H,28,29)(H,31,32). The molecule has 3 N–H and O–H groups in total. The molecule has 1 unspecified atom stereocenters. The van der Waals surface area contributed by atoms with Gasteiger partial charge in [0.25, 0.3) is 5.91 Å². The van der Waals surface area contributed by atoms with Crippen molar-refractivity contribution in [2.75, 3.05) is 10.6 Å². The largest absolute Gasteiger partial charge is 0.478 e. The van der Waals surface area contributed by atoms with Crippen molar-refractivity contribution < 1.29 is 19.5 Å². The topological polar surface area (TPSA) is 95.5 Å². The Balaban J connectivity index is 1.61. The summed E-state index contributed by atoms with van der Waals surface area (Å²) in [5.74, 6) is -1.66. The molecule has 3 rings (SSSR count). The summed E-state index contributed by atoms with van der Waals surface area (Å²) in [4.78, 5) is 37.1. The Morgan fingerprint density at radius 3 is 2.27 bits per heavy atom. The molecule has 0 aliphatic rings. The van der Waals surface area contributed by atoms with Gasteiger partial charge in [0, 0.05) is 21.3 Å². The van der Waals surface area contributed by atoms with Crippen molar-refractivity contribution in [1.82, 2.24) is 0 Å². The molecule has 0 aliphatic heterocycles. The number of thioether (sulfide) groups is 1. The van der Waals surface area contributed by atoms with Gasteiger partial charge in [0.15, 0.2) is 0 Å². The van der Waals surface area contributed by atoms with Crippen molar-refractivity contribution in [1.29, 1.82) is 0 Å². The molecule has 0 heterocycles. The molecule has 0 spiro atoms. The van der Waals surface area contributed by atoms with Crippen LogP contribution in [0, 0.1) is 6.92 Å². The van der Waals surface area contributed by atoms with Crippen LogP contribution in [0.3, 0.4) is 0 Å². The summed E-state index contributed by atoms with van der Waals surface area (Å²) in [6, 6.07) is 16.3. The molecule has 0 fully saturated rings. The number of aromatic carboxylic acids is 1. The quantitative estimate of drug-likeness (QED) is 0.326. The highest BCUT2D eigenvalue weighted by Gasteiger charge is 2.17. The smallest absolute Gasteiger partial charge is 0.335 e. The van der Waals surface area contributed by atoms with Crippen LogP contribution in [-0.4, -0.2) is 28.1 Å². The first-order chi connectivity index (χ1) is 15.6. The number of amides is 2. The number of carboxylic acid groups (broad SMARTS) is 1. The molecule has 0 saturated heterocycles. The summed E-state index contributed by atoms with van der Waals surface area (Å²) in [5, 5.41) is 15.0. The van der Waals surface area contributed by atoms with E-state index in [4.69, 9.17) is 28.3 Å². The monoisotopic (exact) mass is 502 g/mol. The fourth-order valence-electron chi connectivity index (χ4n) is 2.87. The average Bonchev–Trinajstić information content (AvgIpc) is 2.76. The molecular formula is C24H20Cl2N2O4S. The van der Waals surface area contributed by atoms with Crippen LogP contribution in [0.1, 0.15) is 33.2 Å². The maximum Gasteiger partial charge on any atom is 0.335 e. The third-order valence-electron chi connectivity index (χ3n) is 4.71. The van der Waals surface area contributed by atoms with Crippen LogP contribution >= 0.6 is 35.0 Å². The van der Waals surface area contributed by atoms with Crippen molar-refractivity contribution in [3.8, 4) is 0 Å². The van der Waals surface area contributed by atoms with E-state index in [1.165, 1.54) is 30.0 Å². The first-order valence-corrected chi connectivity index (χ1v) is 11.5. The number of carbonyl (C=O) groups is 3. The third kappa shape index (κ3) is 6.51. The maximum absolute atomic E-state index is 12.6. The lowest BCUT2D eigenvalue weighted by atomic mass is 10.1. The Kier molecular flexibility index (Phi) is 8.02. The lowest BCUT2D eigenvalue weighted by molar-refractivity contribution is -0.115. The van der Waals surface area contributed by atoms with E-state index in [1.54, 1.807) is 56.3 Å². The summed E-state index contributed by atoms with van der Waals surface area (Å²) in [6.45, 7) is 3.55. The minimum absolute atomic E-state index is 0.105. The van der Waals surface area contributed by atoms with Gasteiger partial charge < -0.3 is 15.7 Å².